The highest BCUT2D eigenvalue weighted by atomic mass is 19.4. The first kappa shape index (κ1) is 26.1. The lowest BCUT2D eigenvalue weighted by atomic mass is 10.2. The number of carboxylic acids is 1. The fraction of sp³-hybridized carbons (Fsp3) is 0.391. The molecule has 2 aliphatic rings. The topological polar surface area (TPSA) is 115 Å². The molecular weight excluding hydrogens is 498 g/mol. The van der Waals surface area contributed by atoms with Gasteiger partial charge in [0, 0.05) is 61.6 Å². The van der Waals surface area contributed by atoms with Gasteiger partial charge in [-0.05, 0) is 32.9 Å². The molecule has 0 spiro atoms. The average Bonchev–Trinajstić information content (AvgIpc) is 3.56. The predicted molar refractivity (Wildman–Crippen MR) is 128 cm³/mol. The Balaban J connectivity index is 0.000000405. The van der Waals surface area contributed by atoms with Gasteiger partial charge in [-0.25, -0.2) is 23.9 Å². The van der Waals surface area contributed by atoms with Gasteiger partial charge in [0.1, 0.15) is 11.5 Å². The number of nitrogens with zero attached hydrogens (tertiary/aromatic N) is 5. The third-order valence-electron chi connectivity index (χ3n) is 6.18. The Hall–Kier alpha value is -3.94. The van der Waals surface area contributed by atoms with Crippen molar-refractivity contribution in [2.45, 2.75) is 32.0 Å². The molecule has 2 amide bonds. The van der Waals surface area contributed by atoms with Crippen molar-refractivity contribution in [3.8, 4) is 0 Å². The van der Waals surface area contributed by atoms with E-state index >= 15 is 0 Å². The maximum atomic E-state index is 14.5. The van der Waals surface area contributed by atoms with Crippen LogP contribution in [0.5, 0.6) is 0 Å². The van der Waals surface area contributed by atoms with E-state index < -0.39 is 18.0 Å². The number of nitrogens with one attached hydrogen (secondary N) is 2. The molecule has 198 valence electrons. The first-order chi connectivity index (χ1) is 17.5. The van der Waals surface area contributed by atoms with Gasteiger partial charge in [0.15, 0.2) is 5.82 Å². The number of carbonyl (C=O) groups excluding carboxylic acids is 1. The maximum absolute atomic E-state index is 14.5. The number of carbonyl (C=O) groups is 2. The summed E-state index contributed by atoms with van der Waals surface area (Å²) in [4.78, 5) is 34.5. The summed E-state index contributed by atoms with van der Waals surface area (Å²) in [7, 11) is 1.98. The minimum absolute atomic E-state index is 0.117. The molecule has 0 aromatic carbocycles. The van der Waals surface area contributed by atoms with Crippen LogP contribution >= 0.6 is 0 Å². The number of rotatable bonds is 3. The molecule has 1 atom stereocenters. The fourth-order valence-corrected chi connectivity index (χ4v) is 4.39. The van der Waals surface area contributed by atoms with Crippen molar-refractivity contribution in [1.82, 2.24) is 19.7 Å². The van der Waals surface area contributed by atoms with Gasteiger partial charge in [0.05, 0.1) is 11.4 Å². The number of urea groups is 1. The Morgan fingerprint density at radius 1 is 1.22 bits per heavy atom. The predicted octanol–water partition coefficient (Wildman–Crippen LogP) is 3.20. The molecule has 0 saturated carbocycles. The molecule has 3 N–H and O–H groups in total. The smallest absolute Gasteiger partial charge is 0.475 e. The molecule has 5 rings (SSSR count). The number of imidazole rings is 1. The van der Waals surface area contributed by atoms with Crippen LogP contribution in [0.1, 0.15) is 17.7 Å². The van der Waals surface area contributed by atoms with Gasteiger partial charge in [0.25, 0.3) is 0 Å². The van der Waals surface area contributed by atoms with E-state index in [9.17, 15) is 22.4 Å². The molecule has 1 fully saturated rings. The van der Waals surface area contributed by atoms with Crippen molar-refractivity contribution in [3.63, 3.8) is 0 Å². The van der Waals surface area contributed by atoms with Gasteiger partial charge >= 0.3 is 18.2 Å². The normalized spacial score (nSPS) is 17.0. The second-order valence-electron chi connectivity index (χ2n) is 8.67. The van der Waals surface area contributed by atoms with E-state index in [4.69, 9.17) is 9.90 Å². The van der Waals surface area contributed by atoms with Crippen molar-refractivity contribution in [2.75, 3.05) is 41.8 Å². The second-order valence-corrected chi connectivity index (χ2v) is 8.67. The first-order valence-corrected chi connectivity index (χ1v) is 11.4. The van der Waals surface area contributed by atoms with Gasteiger partial charge in [-0.15, -0.1) is 0 Å². The highest BCUT2D eigenvalue weighted by Crippen LogP contribution is 2.35. The van der Waals surface area contributed by atoms with Crippen LogP contribution in [0, 0.1) is 12.7 Å². The van der Waals surface area contributed by atoms with Crippen LogP contribution in [0.15, 0.2) is 30.7 Å². The Kier molecular flexibility index (Phi) is 7.21. The summed E-state index contributed by atoms with van der Waals surface area (Å²) < 4.78 is 47.9. The third-order valence-corrected chi connectivity index (χ3v) is 6.18. The first-order valence-electron chi connectivity index (χ1n) is 11.4. The monoisotopic (exact) mass is 523 g/mol. The number of amides is 2. The molecule has 0 radical (unpaired) electrons. The van der Waals surface area contributed by atoms with Crippen LogP contribution in [0.4, 0.5) is 39.5 Å². The molecule has 3 aromatic rings. The molecule has 37 heavy (non-hydrogen) atoms. The van der Waals surface area contributed by atoms with E-state index in [-0.39, 0.29) is 11.7 Å². The van der Waals surface area contributed by atoms with Crippen molar-refractivity contribution in [3.05, 3.63) is 47.8 Å². The maximum Gasteiger partial charge on any atom is 0.490 e. The largest absolute Gasteiger partial charge is 0.490 e. The van der Waals surface area contributed by atoms with E-state index in [2.05, 4.69) is 25.5 Å². The number of anilines is 3. The molecule has 3 aromatic heterocycles. The average molecular weight is 523 g/mol. The zero-order chi connectivity index (χ0) is 26.9. The Morgan fingerprint density at radius 2 is 1.95 bits per heavy atom. The van der Waals surface area contributed by atoms with Crippen LogP contribution in [0.3, 0.4) is 0 Å². The van der Waals surface area contributed by atoms with Crippen molar-refractivity contribution < 1.29 is 32.3 Å². The number of aliphatic carboxylic acids is 1. The Bertz CT molecular complexity index is 1330. The van der Waals surface area contributed by atoms with Crippen molar-refractivity contribution >= 4 is 34.8 Å². The summed E-state index contributed by atoms with van der Waals surface area (Å²) >= 11 is 0. The van der Waals surface area contributed by atoms with Crippen molar-refractivity contribution in [1.29, 1.82) is 0 Å². The lowest BCUT2D eigenvalue weighted by Crippen LogP contribution is -2.34. The van der Waals surface area contributed by atoms with Gasteiger partial charge in [-0.2, -0.15) is 13.2 Å². The molecule has 0 unspecified atom stereocenters. The van der Waals surface area contributed by atoms with E-state index in [1.807, 2.05) is 20.0 Å². The second kappa shape index (κ2) is 10.2. The van der Waals surface area contributed by atoms with Gasteiger partial charge in [-0.1, -0.05) is 0 Å². The lowest BCUT2D eigenvalue weighted by molar-refractivity contribution is -0.192. The number of aromatic nitrogens is 3. The van der Waals surface area contributed by atoms with E-state index in [0.717, 1.165) is 42.9 Å². The number of alkyl halides is 3. The summed E-state index contributed by atoms with van der Waals surface area (Å²) in [6.45, 7) is 4.27. The SMILES string of the molecule is CN[C@H]1CCN(c2ccnc3c2CCN3C(=O)Nc2cn3cc(C)nc3cc2F)C1.O=C(O)C(F)(F)F. The molecule has 5 heterocycles. The zero-order valence-corrected chi connectivity index (χ0v) is 20.0. The van der Waals surface area contributed by atoms with Gasteiger partial charge < -0.3 is 25.0 Å². The summed E-state index contributed by atoms with van der Waals surface area (Å²) in [5.41, 5.74) is 3.61. The van der Waals surface area contributed by atoms with Gasteiger partial charge in [0.2, 0.25) is 0 Å². The molecular formula is C23H25F4N7O3. The Labute approximate surface area is 208 Å². The number of pyridine rings is 2. The highest BCUT2D eigenvalue weighted by molar-refractivity contribution is 6.03. The summed E-state index contributed by atoms with van der Waals surface area (Å²) in [6.07, 6.45) is 1.82. The molecule has 1 saturated heterocycles. The molecule has 0 aliphatic carbocycles. The third kappa shape index (κ3) is 5.58. The zero-order valence-electron chi connectivity index (χ0n) is 20.0. The summed E-state index contributed by atoms with van der Waals surface area (Å²) in [6, 6.07) is 3.43. The molecule has 2 aliphatic heterocycles. The Morgan fingerprint density at radius 3 is 2.59 bits per heavy atom. The van der Waals surface area contributed by atoms with Gasteiger partial charge in [-0.3, -0.25) is 4.90 Å². The minimum atomic E-state index is -5.08. The van der Waals surface area contributed by atoms with E-state index in [0.29, 0.717) is 24.1 Å². The number of fused-ring (bicyclic) bond motifs is 2. The molecule has 14 heteroatoms. The standard InChI is InChI=1S/C21H24FN7O.C2HF3O2/c1-13-10-28-12-17(16(22)9-19(28)25-13)26-21(30)29-8-5-15-18(3-6-24-20(15)29)27-7-4-14(11-27)23-2;3-2(4,5)1(6)7/h3,6,9-10,12,14,23H,4-5,7-8,11H2,1-2H3,(H,26,30);(H,6,7)/t14-;/m0./s1. The quantitative estimate of drug-likeness (QED) is 0.452. The number of halogens is 4. The highest BCUT2D eigenvalue weighted by Gasteiger charge is 2.38. The van der Waals surface area contributed by atoms with Crippen LogP contribution < -0.4 is 20.4 Å². The summed E-state index contributed by atoms with van der Waals surface area (Å²) in [5.74, 6) is -2.62. The van der Waals surface area contributed by atoms with E-state index in [1.54, 1.807) is 27.9 Å². The number of hydrogen-bond donors (Lipinski definition) is 3. The number of hydrogen-bond acceptors (Lipinski definition) is 6. The minimum Gasteiger partial charge on any atom is -0.475 e. The van der Waals surface area contributed by atoms with Crippen LogP contribution in [-0.4, -0.2) is 70.4 Å². The number of likely N-dealkylation sites (N-methyl/N-ethyl adjacent to an activating group) is 1. The van der Waals surface area contributed by atoms with Crippen LogP contribution in [0.2, 0.25) is 0 Å². The molecule has 0 bridgehead atoms. The molecule has 10 nitrogen and oxygen atoms in total. The lowest BCUT2D eigenvalue weighted by Gasteiger charge is -2.22. The fourth-order valence-electron chi connectivity index (χ4n) is 4.39. The number of carboxylic acid groups (broad SMARTS) is 1. The number of aryl methyl sites for hydroxylation is 1. The van der Waals surface area contributed by atoms with Crippen LogP contribution in [0.25, 0.3) is 5.65 Å². The van der Waals surface area contributed by atoms with E-state index in [1.165, 1.54) is 6.07 Å². The van der Waals surface area contributed by atoms with Crippen LogP contribution in [-0.2, 0) is 11.2 Å². The van der Waals surface area contributed by atoms with Crippen molar-refractivity contribution in [2.24, 2.45) is 0 Å². The summed E-state index contributed by atoms with van der Waals surface area (Å²) in [5, 5.41) is 13.2.